The summed E-state index contributed by atoms with van der Waals surface area (Å²) >= 11 is 6.02. The van der Waals surface area contributed by atoms with Crippen LogP contribution in [0.4, 0.5) is 11.4 Å². The van der Waals surface area contributed by atoms with Crippen LogP contribution in [0.25, 0.3) is 0 Å². The Morgan fingerprint density at radius 2 is 2.17 bits per heavy atom. The molecule has 0 unspecified atom stereocenters. The largest absolute Gasteiger partial charge is 0.399 e. The Balaban J connectivity index is 2.41. The van der Waals surface area contributed by atoms with Crippen LogP contribution in [0.1, 0.15) is 26.2 Å². The number of halogens is 1. The molecule has 1 amide bonds. The van der Waals surface area contributed by atoms with Gasteiger partial charge in [0.1, 0.15) is 11.6 Å². The molecule has 0 aliphatic carbocycles. The summed E-state index contributed by atoms with van der Waals surface area (Å²) < 4.78 is 5.40. The standard InChI is InChI=1S/C17H23ClN4O2/c1-2-3-8-24-9-4-7-21-17(23)13(11-19)12-22-16-6-5-14(20)10-15(16)18/h5-6,10,12,22H,2-4,7-9,20H2,1H3,(H,21,23)/b13-12-. The first kappa shape index (κ1) is 19.8. The Bertz CT molecular complexity index is 611. The molecule has 24 heavy (non-hydrogen) atoms. The minimum atomic E-state index is -0.440. The topological polar surface area (TPSA) is 100 Å². The highest BCUT2D eigenvalue weighted by Gasteiger charge is 2.08. The fourth-order valence-corrected chi connectivity index (χ4v) is 2.01. The Morgan fingerprint density at radius 3 is 2.83 bits per heavy atom. The molecule has 1 aromatic carbocycles. The molecule has 1 rings (SSSR count). The molecule has 0 aliphatic heterocycles. The average Bonchev–Trinajstić information content (AvgIpc) is 2.56. The third-order valence-electron chi connectivity index (χ3n) is 3.12. The van der Waals surface area contributed by atoms with Crippen molar-refractivity contribution in [2.45, 2.75) is 26.2 Å². The first-order valence-electron chi connectivity index (χ1n) is 7.86. The lowest BCUT2D eigenvalue weighted by Crippen LogP contribution is -2.26. The fraction of sp³-hybridized carbons (Fsp3) is 0.412. The van der Waals surface area contributed by atoms with Gasteiger partial charge in [0.25, 0.3) is 5.91 Å². The molecule has 0 saturated heterocycles. The molecule has 0 heterocycles. The van der Waals surface area contributed by atoms with Gasteiger partial charge in [-0.2, -0.15) is 5.26 Å². The fourth-order valence-electron chi connectivity index (χ4n) is 1.77. The molecule has 0 radical (unpaired) electrons. The van der Waals surface area contributed by atoms with Crippen molar-refractivity contribution in [3.05, 3.63) is 35.0 Å². The van der Waals surface area contributed by atoms with E-state index in [9.17, 15) is 4.79 Å². The van der Waals surface area contributed by atoms with Crippen LogP contribution in [0.15, 0.2) is 30.0 Å². The van der Waals surface area contributed by atoms with Crippen molar-refractivity contribution in [1.82, 2.24) is 5.32 Å². The zero-order valence-electron chi connectivity index (χ0n) is 13.8. The molecule has 1 aromatic rings. The molecule has 0 fully saturated rings. The second-order valence-corrected chi connectivity index (χ2v) is 5.54. The predicted molar refractivity (Wildman–Crippen MR) is 96.5 cm³/mol. The average molecular weight is 351 g/mol. The number of nitrogens with zero attached hydrogens (tertiary/aromatic N) is 1. The van der Waals surface area contributed by atoms with E-state index in [-0.39, 0.29) is 5.57 Å². The highest BCUT2D eigenvalue weighted by Crippen LogP contribution is 2.24. The number of benzene rings is 1. The lowest BCUT2D eigenvalue weighted by atomic mass is 10.2. The minimum absolute atomic E-state index is 0.0326. The van der Waals surface area contributed by atoms with Gasteiger partial charge in [-0.1, -0.05) is 24.9 Å². The Morgan fingerprint density at radius 1 is 1.42 bits per heavy atom. The van der Waals surface area contributed by atoms with Gasteiger partial charge < -0.3 is 21.1 Å². The number of hydrogen-bond donors (Lipinski definition) is 3. The zero-order chi connectivity index (χ0) is 17.8. The van der Waals surface area contributed by atoms with Crippen molar-refractivity contribution in [2.24, 2.45) is 0 Å². The van der Waals surface area contributed by atoms with Crippen molar-refractivity contribution in [1.29, 1.82) is 5.26 Å². The number of nitriles is 1. The second kappa shape index (κ2) is 11.3. The maximum atomic E-state index is 11.9. The zero-order valence-corrected chi connectivity index (χ0v) is 14.5. The number of hydrogen-bond acceptors (Lipinski definition) is 5. The van der Waals surface area contributed by atoms with E-state index in [1.165, 1.54) is 6.20 Å². The van der Waals surface area contributed by atoms with Gasteiger partial charge in [-0.3, -0.25) is 4.79 Å². The molecule has 0 saturated carbocycles. The number of nitrogen functional groups attached to an aromatic ring is 1. The minimum Gasteiger partial charge on any atom is -0.399 e. The maximum absolute atomic E-state index is 11.9. The summed E-state index contributed by atoms with van der Waals surface area (Å²) in [7, 11) is 0. The number of carbonyl (C=O) groups is 1. The van der Waals surface area contributed by atoms with E-state index in [1.54, 1.807) is 18.2 Å². The number of unbranched alkanes of at least 4 members (excludes halogenated alkanes) is 1. The van der Waals surface area contributed by atoms with E-state index in [0.29, 0.717) is 36.0 Å². The van der Waals surface area contributed by atoms with E-state index in [4.69, 9.17) is 27.3 Å². The molecular weight excluding hydrogens is 328 g/mol. The summed E-state index contributed by atoms with van der Waals surface area (Å²) in [6.07, 6.45) is 4.15. The van der Waals surface area contributed by atoms with Crippen LogP contribution in [0.3, 0.4) is 0 Å². The van der Waals surface area contributed by atoms with E-state index >= 15 is 0 Å². The first-order chi connectivity index (χ1) is 11.6. The van der Waals surface area contributed by atoms with Gasteiger partial charge in [-0.15, -0.1) is 0 Å². The third kappa shape index (κ3) is 7.36. The van der Waals surface area contributed by atoms with E-state index < -0.39 is 5.91 Å². The Hall–Kier alpha value is -2.23. The van der Waals surface area contributed by atoms with Crippen LogP contribution in [0.5, 0.6) is 0 Å². The van der Waals surface area contributed by atoms with Gasteiger partial charge in [0.2, 0.25) is 0 Å². The van der Waals surface area contributed by atoms with E-state index in [1.807, 2.05) is 6.07 Å². The van der Waals surface area contributed by atoms with Crippen molar-refractivity contribution in [2.75, 3.05) is 30.8 Å². The normalized spacial score (nSPS) is 11.0. The number of amides is 1. The van der Waals surface area contributed by atoms with Gasteiger partial charge in [0.15, 0.2) is 0 Å². The van der Waals surface area contributed by atoms with Crippen LogP contribution in [-0.4, -0.2) is 25.7 Å². The predicted octanol–water partition coefficient (Wildman–Crippen LogP) is 3.06. The molecule has 130 valence electrons. The van der Waals surface area contributed by atoms with Crippen LogP contribution in [0, 0.1) is 11.3 Å². The smallest absolute Gasteiger partial charge is 0.263 e. The first-order valence-corrected chi connectivity index (χ1v) is 8.24. The number of anilines is 2. The monoisotopic (exact) mass is 350 g/mol. The third-order valence-corrected chi connectivity index (χ3v) is 3.44. The van der Waals surface area contributed by atoms with Crippen molar-refractivity contribution in [3.8, 4) is 6.07 Å². The molecular formula is C17H23ClN4O2. The summed E-state index contributed by atoms with van der Waals surface area (Å²) in [4.78, 5) is 11.9. The van der Waals surface area contributed by atoms with Crippen LogP contribution in [-0.2, 0) is 9.53 Å². The van der Waals surface area contributed by atoms with Crippen molar-refractivity contribution < 1.29 is 9.53 Å². The molecule has 4 N–H and O–H groups in total. The Kier molecular flexibility index (Phi) is 9.35. The highest BCUT2D eigenvalue weighted by molar-refractivity contribution is 6.33. The van der Waals surface area contributed by atoms with E-state index in [2.05, 4.69) is 17.6 Å². The second-order valence-electron chi connectivity index (χ2n) is 5.13. The van der Waals surface area contributed by atoms with Gasteiger partial charge in [-0.05, 0) is 31.0 Å². The molecule has 0 spiro atoms. The highest BCUT2D eigenvalue weighted by atomic mass is 35.5. The van der Waals surface area contributed by atoms with Crippen molar-refractivity contribution >= 4 is 28.9 Å². The SMILES string of the molecule is CCCCOCCCNC(=O)/C(C#N)=C\Nc1ccc(N)cc1Cl. The quantitative estimate of drug-likeness (QED) is 0.260. The summed E-state index contributed by atoms with van der Waals surface area (Å²) in [5, 5.41) is 15.0. The molecule has 6 nitrogen and oxygen atoms in total. The molecule has 0 aliphatic rings. The van der Waals surface area contributed by atoms with Crippen LogP contribution in [0.2, 0.25) is 5.02 Å². The van der Waals surface area contributed by atoms with Gasteiger partial charge >= 0.3 is 0 Å². The number of carbonyl (C=O) groups excluding carboxylic acids is 1. The van der Waals surface area contributed by atoms with Gasteiger partial charge in [-0.25, -0.2) is 0 Å². The lowest BCUT2D eigenvalue weighted by molar-refractivity contribution is -0.117. The summed E-state index contributed by atoms with van der Waals surface area (Å²) in [6.45, 7) is 3.88. The molecule has 0 aromatic heterocycles. The van der Waals surface area contributed by atoms with E-state index in [0.717, 1.165) is 19.4 Å². The number of nitrogens with one attached hydrogen (secondary N) is 2. The van der Waals surface area contributed by atoms with Crippen molar-refractivity contribution in [3.63, 3.8) is 0 Å². The van der Waals surface area contributed by atoms with Gasteiger partial charge in [0, 0.05) is 31.6 Å². The molecule has 7 heteroatoms. The summed E-state index contributed by atoms with van der Waals surface area (Å²) in [6, 6.07) is 6.79. The number of rotatable bonds is 10. The Labute approximate surface area is 147 Å². The lowest BCUT2D eigenvalue weighted by Gasteiger charge is -2.07. The summed E-state index contributed by atoms with van der Waals surface area (Å²) in [5.41, 5.74) is 6.68. The molecule has 0 atom stereocenters. The van der Waals surface area contributed by atoms with Gasteiger partial charge in [0.05, 0.1) is 10.7 Å². The van der Waals surface area contributed by atoms with Crippen LogP contribution >= 0.6 is 11.6 Å². The number of ether oxygens (including phenoxy) is 1. The maximum Gasteiger partial charge on any atom is 0.263 e. The summed E-state index contributed by atoms with van der Waals surface area (Å²) in [5.74, 6) is -0.440. The molecule has 0 bridgehead atoms. The number of nitrogens with two attached hydrogens (primary N) is 1. The van der Waals surface area contributed by atoms with Crippen LogP contribution < -0.4 is 16.4 Å².